The van der Waals surface area contributed by atoms with Crippen molar-refractivity contribution in [3.8, 4) is 0 Å². The molecule has 1 unspecified atom stereocenters. The summed E-state index contributed by atoms with van der Waals surface area (Å²) in [4.78, 5) is 2.44. The van der Waals surface area contributed by atoms with Gasteiger partial charge in [0.25, 0.3) is 0 Å². The normalized spacial score (nSPS) is 20.4. The van der Waals surface area contributed by atoms with E-state index >= 15 is 0 Å². The minimum absolute atomic E-state index is 0.0205. The second kappa shape index (κ2) is 7.07. The topological polar surface area (TPSA) is 15.3 Å². The average Bonchev–Trinajstić information content (AvgIpc) is 2.37. The average molecular weight is 314 g/mol. The van der Waals surface area contributed by atoms with Crippen molar-refractivity contribution in [2.24, 2.45) is 0 Å². The zero-order valence-electron chi connectivity index (χ0n) is 13.0. The molecule has 1 N–H and O–H groups in total. The molecule has 1 heterocycles. The Hall–Kier alpha value is -0.650. The SMILES string of the molecule is CNC(CCN1CCSC(C)(C)C1)c1cc(F)cc(F)c1. The van der Waals surface area contributed by atoms with Gasteiger partial charge in [0.15, 0.2) is 0 Å². The maximum Gasteiger partial charge on any atom is 0.126 e. The number of benzene rings is 1. The molecule has 2 rings (SSSR count). The fraction of sp³-hybridized carbons (Fsp3) is 0.625. The molecule has 1 atom stereocenters. The summed E-state index contributed by atoms with van der Waals surface area (Å²) in [5.41, 5.74) is 0.681. The van der Waals surface area contributed by atoms with Crippen LogP contribution >= 0.6 is 11.8 Å². The van der Waals surface area contributed by atoms with E-state index in [1.165, 1.54) is 12.1 Å². The highest BCUT2D eigenvalue weighted by Gasteiger charge is 2.27. The van der Waals surface area contributed by atoms with Crippen LogP contribution in [0.4, 0.5) is 8.78 Å². The summed E-state index contributed by atoms with van der Waals surface area (Å²) in [6.07, 6.45) is 0.847. The molecular formula is C16H24F2N2S. The molecule has 1 saturated heterocycles. The Bertz CT molecular complexity index is 459. The third kappa shape index (κ3) is 4.94. The predicted octanol–water partition coefficient (Wildman–Crippen LogP) is 3.44. The van der Waals surface area contributed by atoms with Gasteiger partial charge < -0.3 is 10.2 Å². The molecule has 0 saturated carbocycles. The molecule has 118 valence electrons. The van der Waals surface area contributed by atoms with Crippen LogP contribution in [-0.2, 0) is 0 Å². The van der Waals surface area contributed by atoms with Crippen molar-refractivity contribution in [1.82, 2.24) is 10.2 Å². The van der Waals surface area contributed by atoms with Gasteiger partial charge in [-0.05, 0) is 45.0 Å². The van der Waals surface area contributed by atoms with Gasteiger partial charge in [-0.3, -0.25) is 0 Å². The van der Waals surface area contributed by atoms with E-state index in [0.717, 1.165) is 37.9 Å². The Labute approximate surface area is 130 Å². The third-order valence-electron chi connectivity index (χ3n) is 3.87. The summed E-state index contributed by atoms with van der Waals surface area (Å²) in [7, 11) is 1.84. The lowest BCUT2D eigenvalue weighted by Gasteiger charge is -2.38. The quantitative estimate of drug-likeness (QED) is 0.896. The summed E-state index contributed by atoms with van der Waals surface area (Å²) in [6, 6.07) is 3.73. The Morgan fingerprint density at radius 3 is 2.52 bits per heavy atom. The smallest absolute Gasteiger partial charge is 0.126 e. The number of rotatable bonds is 5. The number of thioether (sulfide) groups is 1. The molecule has 1 aromatic rings. The highest BCUT2D eigenvalue weighted by Crippen LogP contribution is 2.30. The minimum Gasteiger partial charge on any atom is -0.313 e. The Kier molecular flexibility index (Phi) is 5.63. The lowest BCUT2D eigenvalue weighted by Crippen LogP contribution is -2.44. The summed E-state index contributed by atoms with van der Waals surface area (Å²) in [5, 5.41) is 3.17. The van der Waals surface area contributed by atoms with Crippen molar-refractivity contribution < 1.29 is 8.78 Å². The molecule has 1 aliphatic heterocycles. The maximum atomic E-state index is 13.3. The zero-order valence-corrected chi connectivity index (χ0v) is 13.8. The van der Waals surface area contributed by atoms with Crippen molar-refractivity contribution in [2.75, 3.05) is 32.4 Å². The van der Waals surface area contributed by atoms with Gasteiger partial charge in [0.1, 0.15) is 11.6 Å². The Balaban J connectivity index is 1.96. The van der Waals surface area contributed by atoms with Gasteiger partial charge in [-0.1, -0.05) is 0 Å². The summed E-state index contributed by atoms with van der Waals surface area (Å²) in [5.74, 6) is 0.118. The van der Waals surface area contributed by atoms with Crippen LogP contribution in [0.25, 0.3) is 0 Å². The molecule has 0 spiro atoms. The summed E-state index contributed by atoms with van der Waals surface area (Å²) < 4.78 is 27.0. The first kappa shape index (κ1) is 16.7. The van der Waals surface area contributed by atoms with Crippen LogP contribution in [-0.4, -0.2) is 42.1 Å². The molecule has 0 bridgehead atoms. The van der Waals surface area contributed by atoms with Gasteiger partial charge >= 0.3 is 0 Å². The molecule has 1 aromatic carbocycles. The number of halogens is 2. The van der Waals surface area contributed by atoms with E-state index in [1.807, 2.05) is 18.8 Å². The van der Waals surface area contributed by atoms with E-state index in [2.05, 4.69) is 24.1 Å². The summed E-state index contributed by atoms with van der Waals surface area (Å²) >= 11 is 2.01. The number of hydrogen-bond acceptors (Lipinski definition) is 3. The van der Waals surface area contributed by atoms with Gasteiger partial charge in [-0.25, -0.2) is 8.78 Å². The van der Waals surface area contributed by atoms with E-state index in [-0.39, 0.29) is 6.04 Å². The molecule has 0 aliphatic carbocycles. The molecule has 1 aliphatic rings. The highest BCUT2D eigenvalue weighted by molar-refractivity contribution is 8.00. The second-order valence-corrected chi connectivity index (χ2v) is 8.02. The van der Waals surface area contributed by atoms with E-state index in [1.54, 1.807) is 0 Å². The first-order valence-corrected chi connectivity index (χ1v) is 8.38. The van der Waals surface area contributed by atoms with Crippen molar-refractivity contribution in [3.05, 3.63) is 35.4 Å². The van der Waals surface area contributed by atoms with Gasteiger partial charge in [-0.15, -0.1) is 0 Å². The van der Waals surface area contributed by atoms with Crippen LogP contribution in [0.3, 0.4) is 0 Å². The zero-order chi connectivity index (χ0) is 15.5. The lowest BCUT2D eigenvalue weighted by molar-refractivity contribution is 0.247. The van der Waals surface area contributed by atoms with Crippen LogP contribution < -0.4 is 5.32 Å². The molecule has 0 aromatic heterocycles. The second-order valence-electron chi connectivity index (χ2n) is 6.22. The number of hydrogen-bond donors (Lipinski definition) is 1. The largest absolute Gasteiger partial charge is 0.313 e. The number of nitrogens with one attached hydrogen (secondary N) is 1. The van der Waals surface area contributed by atoms with Gasteiger partial charge in [-0.2, -0.15) is 11.8 Å². The minimum atomic E-state index is -0.513. The van der Waals surface area contributed by atoms with Crippen molar-refractivity contribution in [3.63, 3.8) is 0 Å². The first-order chi connectivity index (χ1) is 9.89. The van der Waals surface area contributed by atoms with Crippen LogP contribution in [0, 0.1) is 11.6 Å². The molecule has 2 nitrogen and oxygen atoms in total. The standard InChI is InChI=1S/C16H24F2N2S/c1-16(2)11-20(6-7-21-16)5-4-15(19-3)12-8-13(17)10-14(18)9-12/h8-10,15,19H,4-7,11H2,1-3H3. The van der Waals surface area contributed by atoms with E-state index < -0.39 is 11.6 Å². The van der Waals surface area contributed by atoms with Crippen molar-refractivity contribution >= 4 is 11.8 Å². The number of nitrogens with zero attached hydrogens (tertiary/aromatic N) is 1. The first-order valence-electron chi connectivity index (χ1n) is 7.39. The van der Waals surface area contributed by atoms with Crippen LogP contribution in [0.15, 0.2) is 18.2 Å². The molecule has 21 heavy (non-hydrogen) atoms. The molecule has 1 fully saturated rings. The molecule has 5 heteroatoms. The molecule has 0 amide bonds. The highest BCUT2D eigenvalue weighted by atomic mass is 32.2. The maximum absolute atomic E-state index is 13.3. The fourth-order valence-corrected chi connectivity index (χ4v) is 4.05. The van der Waals surface area contributed by atoms with Crippen LogP contribution in [0.2, 0.25) is 0 Å². The molecule has 0 radical (unpaired) electrons. The lowest BCUT2D eigenvalue weighted by atomic mass is 10.0. The van der Waals surface area contributed by atoms with E-state index in [0.29, 0.717) is 10.3 Å². The van der Waals surface area contributed by atoms with Crippen molar-refractivity contribution in [2.45, 2.75) is 31.1 Å². The van der Waals surface area contributed by atoms with Crippen LogP contribution in [0.5, 0.6) is 0 Å². The van der Waals surface area contributed by atoms with Crippen LogP contribution in [0.1, 0.15) is 31.9 Å². The third-order valence-corrected chi connectivity index (χ3v) is 5.17. The van der Waals surface area contributed by atoms with Gasteiger partial charge in [0.2, 0.25) is 0 Å². The Morgan fingerprint density at radius 2 is 1.95 bits per heavy atom. The van der Waals surface area contributed by atoms with Gasteiger partial charge in [0.05, 0.1) is 0 Å². The molecular weight excluding hydrogens is 290 g/mol. The Morgan fingerprint density at radius 1 is 1.29 bits per heavy atom. The van der Waals surface area contributed by atoms with E-state index in [4.69, 9.17) is 0 Å². The monoisotopic (exact) mass is 314 g/mol. The van der Waals surface area contributed by atoms with E-state index in [9.17, 15) is 8.78 Å². The van der Waals surface area contributed by atoms with Gasteiger partial charge in [0, 0.05) is 42.2 Å². The van der Waals surface area contributed by atoms with Crippen molar-refractivity contribution in [1.29, 1.82) is 0 Å². The fourth-order valence-electron chi connectivity index (χ4n) is 2.87. The summed E-state index contributed by atoms with van der Waals surface area (Å²) in [6.45, 7) is 7.62. The predicted molar refractivity (Wildman–Crippen MR) is 85.8 cm³/mol.